The molecule has 0 saturated heterocycles. The molecule has 1 aromatic rings. The molecule has 0 atom stereocenters. The van der Waals surface area contributed by atoms with Crippen LogP contribution >= 0.6 is 15.9 Å². The molecule has 0 heterocycles. The van der Waals surface area contributed by atoms with E-state index < -0.39 is 0 Å². The normalized spacial score (nSPS) is 11.4. The van der Waals surface area contributed by atoms with Crippen LogP contribution in [0.4, 0.5) is 0 Å². The van der Waals surface area contributed by atoms with Crippen molar-refractivity contribution in [2.75, 3.05) is 19.6 Å². The molecule has 100 valence electrons. The van der Waals surface area contributed by atoms with E-state index >= 15 is 0 Å². The van der Waals surface area contributed by atoms with Gasteiger partial charge in [0.25, 0.3) is 5.91 Å². The Balaban J connectivity index is 2.86. The maximum absolute atomic E-state index is 12.4. The molecule has 0 saturated carbocycles. The SMILES string of the molecule is CCN(CC(C)(C)CN)C(=O)c1cccc(Br)c1. The molecule has 1 rings (SSSR count). The summed E-state index contributed by atoms with van der Waals surface area (Å²) in [6, 6.07) is 7.47. The van der Waals surface area contributed by atoms with Crippen LogP contribution in [0.2, 0.25) is 0 Å². The average molecular weight is 313 g/mol. The van der Waals surface area contributed by atoms with Crippen molar-refractivity contribution in [2.45, 2.75) is 20.8 Å². The molecule has 0 spiro atoms. The van der Waals surface area contributed by atoms with Gasteiger partial charge in [-0.2, -0.15) is 0 Å². The lowest BCUT2D eigenvalue weighted by molar-refractivity contribution is 0.0701. The highest BCUT2D eigenvalue weighted by molar-refractivity contribution is 9.10. The Morgan fingerprint density at radius 2 is 2.11 bits per heavy atom. The van der Waals surface area contributed by atoms with Gasteiger partial charge in [0.05, 0.1) is 0 Å². The Morgan fingerprint density at radius 1 is 1.44 bits per heavy atom. The van der Waals surface area contributed by atoms with Crippen molar-refractivity contribution in [1.29, 1.82) is 0 Å². The Hall–Kier alpha value is -0.870. The van der Waals surface area contributed by atoms with Crippen molar-refractivity contribution in [2.24, 2.45) is 11.1 Å². The lowest BCUT2D eigenvalue weighted by atomic mass is 9.93. The molecule has 1 amide bonds. The Labute approximate surface area is 117 Å². The van der Waals surface area contributed by atoms with Crippen LogP contribution in [0.15, 0.2) is 28.7 Å². The van der Waals surface area contributed by atoms with Crippen molar-refractivity contribution in [3.63, 3.8) is 0 Å². The number of benzene rings is 1. The second-order valence-corrected chi connectivity index (χ2v) is 6.11. The summed E-state index contributed by atoms with van der Waals surface area (Å²) < 4.78 is 0.919. The van der Waals surface area contributed by atoms with E-state index in [2.05, 4.69) is 29.8 Å². The molecular weight excluding hydrogens is 292 g/mol. The molecule has 1 aromatic carbocycles. The summed E-state index contributed by atoms with van der Waals surface area (Å²) in [6.07, 6.45) is 0. The summed E-state index contributed by atoms with van der Waals surface area (Å²) in [5, 5.41) is 0. The van der Waals surface area contributed by atoms with Crippen LogP contribution in [0.3, 0.4) is 0 Å². The maximum Gasteiger partial charge on any atom is 0.253 e. The van der Waals surface area contributed by atoms with E-state index in [1.807, 2.05) is 36.1 Å². The lowest BCUT2D eigenvalue weighted by Gasteiger charge is -2.31. The molecule has 0 aliphatic rings. The zero-order chi connectivity index (χ0) is 13.8. The minimum atomic E-state index is -0.0579. The van der Waals surface area contributed by atoms with Gasteiger partial charge in [-0.15, -0.1) is 0 Å². The topological polar surface area (TPSA) is 46.3 Å². The van der Waals surface area contributed by atoms with E-state index in [0.717, 1.165) is 4.47 Å². The van der Waals surface area contributed by atoms with Crippen molar-refractivity contribution >= 4 is 21.8 Å². The largest absolute Gasteiger partial charge is 0.338 e. The van der Waals surface area contributed by atoms with E-state index in [-0.39, 0.29) is 11.3 Å². The zero-order valence-electron chi connectivity index (χ0n) is 11.2. The zero-order valence-corrected chi connectivity index (χ0v) is 12.8. The number of rotatable bonds is 5. The summed E-state index contributed by atoms with van der Waals surface area (Å²) in [6.45, 7) is 8.06. The number of amides is 1. The first-order valence-corrected chi connectivity index (χ1v) is 6.94. The first kappa shape index (κ1) is 15.2. The van der Waals surface area contributed by atoms with E-state index in [1.165, 1.54) is 0 Å². The van der Waals surface area contributed by atoms with E-state index in [1.54, 1.807) is 0 Å². The van der Waals surface area contributed by atoms with Gasteiger partial charge in [0.2, 0.25) is 0 Å². The Bertz CT molecular complexity index is 418. The summed E-state index contributed by atoms with van der Waals surface area (Å²) in [7, 11) is 0. The predicted octanol–water partition coefficient (Wildman–Crippen LogP) is 2.90. The summed E-state index contributed by atoms with van der Waals surface area (Å²) in [5.74, 6) is 0.0559. The lowest BCUT2D eigenvalue weighted by Crippen LogP contribution is -2.41. The fourth-order valence-electron chi connectivity index (χ4n) is 1.71. The molecule has 0 aliphatic carbocycles. The van der Waals surface area contributed by atoms with Gasteiger partial charge in [0, 0.05) is 23.1 Å². The smallest absolute Gasteiger partial charge is 0.253 e. The van der Waals surface area contributed by atoms with Gasteiger partial charge in [-0.05, 0) is 37.1 Å². The van der Waals surface area contributed by atoms with E-state index in [9.17, 15) is 4.79 Å². The van der Waals surface area contributed by atoms with Gasteiger partial charge in [-0.25, -0.2) is 0 Å². The quantitative estimate of drug-likeness (QED) is 0.908. The summed E-state index contributed by atoms with van der Waals surface area (Å²) in [5.41, 5.74) is 6.38. The van der Waals surface area contributed by atoms with Gasteiger partial charge in [-0.3, -0.25) is 4.79 Å². The first-order valence-electron chi connectivity index (χ1n) is 6.14. The first-order chi connectivity index (χ1) is 8.39. The molecule has 0 radical (unpaired) electrons. The van der Waals surface area contributed by atoms with Crippen LogP contribution < -0.4 is 5.73 Å². The monoisotopic (exact) mass is 312 g/mol. The number of hydrogen-bond donors (Lipinski definition) is 1. The van der Waals surface area contributed by atoms with Crippen molar-refractivity contribution < 1.29 is 4.79 Å². The van der Waals surface area contributed by atoms with Crippen molar-refractivity contribution in [3.05, 3.63) is 34.3 Å². The standard InChI is InChI=1S/C14H21BrN2O/c1-4-17(10-14(2,3)9-16)13(18)11-6-5-7-12(15)8-11/h5-8H,4,9-10,16H2,1-3H3. The summed E-state index contributed by atoms with van der Waals surface area (Å²) >= 11 is 3.39. The minimum absolute atomic E-state index is 0.0559. The van der Waals surface area contributed by atoms with Crippen LogP contribution in [0.5, 0.6) is 0 Å². The predicted molar refractivity (Wildman–Crippen MR) is 78.6 cm³/mol. The van der Waals surface area contributed by atoms with E-state index in [0.29, 0.717) is 25.2 Å². The molecule has 0 fully saturated rings. The van der Waals surface area contributed by atoms with Gasteiger partial charge in [0.1, 0.15) is 0 Å². The van der Waals surface area contributed by atoms with Crippen LogP contribution in [-0.4, -0.2) is 30.4 Å². The van der Waals surface area contributed by atoms with Gasteiger partial charge < -0.3 is 10.6 Å². The number of nitrogens with zero attached hydrogens (tertiary/aromatic N) is 1. The molecule has 18 heavy (non-hydrogen) atoms. The Morgan fingerprint density at radius 3 is 2.61 bits per heavy atom. The van der Waals surface area contributed by atoms with Gasteiger partial charge >= 0.3 is 0 Å². The second kappa shape index (κ2) is 6.34. The fourth-order valence-corrected chi connectivity index (χ4v) is 2.11. The van der Waals surface area contributed by atoms with Crippen molar-refractivity contribution in [1.82, 2.24) is 4.90 Å². The average Bonchev–Trinajstić information content (AvgIpc) is 2.35. The second-order valence-electron chi connectivity index (χ2n) is 5.20. The molecule has 3 nitrogen and oxygen atoms in total. The number of carbonyl (C=O) groups excluding carboxylic acids is 1. The molecule has 0 aromatic heterocycles. The number of nitrogens with two attached hydrogens (primary N) is 1. The van der Waals surface area contributed by atoms with Crippen molar-refractivity contribution in [3.8, 4) is 0 Å². The number of halogens is 1. The molecule has 0 unspecified atom stereocenters. The van der Waals surface area contributed by atoms with Gasteiger partial charge in [0.15, 0.2) is 0 Å². The van der Waals surface area contributed by atoms with Crippen LogP contribution in [0.1, 0.15) is 31.1 Å². The number of hydrogen-bond acceptors (Lipinski definition) is 2. The molecule has 0 aliphatic heterocycles. The third kappa shape index (κ3) is 4.10. The third-order valence-electron chi connectivity index (χ3n) is 2.91. The third-order valence-corrected chi connectivity index (χ3v) is 3.41. The highest BCUT2D eigenvalue weighted by atomic mass is 79.9. The highest BCUT2D eigenvalue weighted by Crippen LogP contribution is 2.18. The van der Waals surface area contributed by atoms with Crippen LogP contribution in [0, 0.1) is 5.41 Å². The van der Waals surface area contributed by atoms with E-state index in [4.69, 9.17) is 5.73 Å². The van der Waals surface area contributed by atoms with Crippen LogP contribution in [-0.2, 0) is 0 Å². The molecule has 0 bridgehead atoms. The highest BCUT2D eigenvalue weighted by Gasteiger charge is 2.23. The molecular formula is C14H21BrN2O. The molecule has 4 heteroatoms. The Kier molecular flexibility index (Phi) is 5.35. The number of carbonyl (C=O) groups is 1. The fraction of sp³-hybridized carbons (Fsp3) is 0.500. The van der Waals surface area contributed by atoms with Gasteiger partial charge in [-0.1, -0.05) is 35.8 Å². The van der Waals surface area contributed by atoms with Crippen LogP contribution in [0.25, 0.3) is 0 Å². The summed E-state index contributed by atoms with van der Waals surface area (Å²) in [4.78, 5) is 14.2. The molecule has 2 N–H and O–H groups in total. The maximum atomic E-state index is 12.4. The minimum Gasteiger partial charge on any atom is -0.338 e.